The van der Waals surface area contributed by atoms with Crippen LogP contribution in [0, 0.1) is 17.3 Å². The first-order valence-electron chi connectivity index (χ1n) is 9.40. The lowest BCUT2D eigenvalue weighted by Gasteiger charge is -2.20. The van der Waals surface area contributed by atoms with Crippen LogP contribution in [0.3, 0.4) is 0 Å². The molecule has 12 nitrogen and oxygen atoms in total. The topological polar surface area (TPSA) is 188 Å². The van der Waals surface area contributed by atoms with Crippen molar-refractivity contribution in [3.63, 3.8) is 0 Å². The minimum atomic E-state index is -1.83. The number of carbonyl (C=O) groups is 2. The van der Waals surface area contributed by atoms with Crippen LogP contribution in [-0.2, 0) is 9.53 Å². The van der Waals surface area contributed by atoms with Gasteiger partial charge in [0, 0.05) is 12.7 Å². The third-order valence-corrected chi connectivity index (χ3v) is 7.91. The van der Waals surface area contributed by atoms with Crippen LogP contribution in [0.25, 0.3) is 4.85 Å². The minimum Gasteiger partial charge on any atom is -0.395 e. The lowest BCUT2D eigenvalue weighted by molar-refractivity contribution is -0.122. The van der Waals surface area contributed by atoms with Crippen molar-refractivity contribution in [2.45, 2.75) is 30.6 Å². The van der Waals surface area contributed by atoms with Gasteiger partial charge in [-0.15, -0.1) is 0 Å². The van der Waals surface area contributed by atoms with Crippen LogP contribution in [-0.4, -0.2) is 88.3 Å². The molecular weight excluding hydrogens is 781 g/mol. The number of nitrogens with one attached hydrogen (secondary N) is 3. The Hall–Kier alpha value is -0.440. The van der Waals surface area contributed by atoms with Crippen LogP contribution in [0.2, 0.25) is 0 Å². The molecule has 2 unspecified atom stereocenters. The van der Waals surface area contributed by atoms with E-state index >= 15 is 0 Å². The van der Waals surface area contributed by atoms with Gasteiger partial charge in [0.2, 0.25) is 0 Å². The van der Waals surface area contributed by atoms with Crippen LogP contribution >= 0.6 is 67.8 Å². The first-order valence-corrected chi connectivity index (χ1v) is 12.6. The Morgan fingerprint density at radius 3 is 2.09 bits per heavy atom. The van der Waals surface area contributed by atoms with Gasteiger partial charge in [-0.25, -0.2) is 0 Å². The Kier molecular flexibility index (Phi) is 11.4. The average Bonchev–Trinajstić information content (AvgIpc) is 3.56. The van der Waals surface area contributed by atoms with E-state index in [9.17, 15) is 35.1 Å². The van der Waals surface area contributed by atoms with Crippen molar-refractivity contribution in [1.29, 1.82) is 0 Å². The van der Waals surface area contributed by atoms with Crippen molar-refractivity contribution in [3.8, 4) is 6.57 Å². The summed E-state index contributed by atoms with van der Waals surface area (Å²) in [5.74, 6) is -1.52. The zero-order valence-electron chi connectivity index (χ0n) is 16.8. The number of halogens is 3. The molecule has 0 saturated carbocycles. The zero-order chi connectivity index (χ0) is 24.9. The lowest BCUT2D eigenvalue weighted by Crippen LogP contribution is -2.41. The molecule has 1 saturated heterocycles. The molecule has 2 rings (SSSR count). The predicted octanol–water partition coefficient (Wildman–Crippen LogP) is -0.857. The summed E-state index contributed by atoms with van der Waals surface area (Å²) >= 11 is 5.81. The average molecular weight is 803 g/mol. The number of hydrogen-bond acceptors (Lipinski definition) is 9. The fourth-order valence-electron chi connectivity index (χ4n) is 2.76. The second-order valence-corrected chi connectivity index (χ2v) is 10.1. The number of rotatable bonds is 11. The lowest BCUT2D eigenvalue weighted by atomic mass is 10.0. The molecule has 15 heteroatoms. The summed E-state index contributed by atoms with van der Waals surface area (Å²) in [6.45, 7) is 3.40. The van der Waals surface area contributed by atoms with Crippen LogP contribution in [0.15, 0.2) is 0 Å². The summed E-state index contributed by atoms with van der Waals surface area (Å²) in [6.07, 6.45) is -2.96. The first kappa shape index (κ1) is 28.8. The van der Waals surface area contributed by atoms with Crippen molar-refractivity contribution in [3.05, 3.63) is 26.7 Å². The number of amides is 2. The number of anilines is 1. The Morgan fingerprint density at radius 2 is 1.58 bits per heavy atom. The first-order chi connectivity index (χ1) is 15.6. The largest absolute Gasteiger partial charge is 0.452 e. The van der Waals surface area contributed by atoms with Gasteiger partial charge in [0.1, 0.15) is 12.3 Å². The molecule has 1 aliphatic heterocycles. The van der Waals surface area contributed by atoms with Crippen molar-refractivity contribution in [2.75, 3.05) is 31.7 Å². The van der Waals surface area contributed by atoms with E-state index in [0.717, 1.165) is 0 Å². The van der Waals surface area contributed by atoms with Gasteiger partial charge < -0.3 is 40.9 Å². The molecule has 33 heavy (non-hydrogen) atoms. The van der Waals surface area contributed by atoms with E-state index in [1.165, 1.54) is 0 Å². The van der Waals surface area contributed by atoms with E-state index in [0.29, 0.717) is 16.3 Å². The van der Waals surface area contributed by atoms with Crippen molar-refractivity contribution < 1.29 is 39.9 Å². The van der Waals surface area contributed by atoms with Gasteiger partial charge in [0.15, 0.2) is 0 Å². The SMILES string of the molecule is C#[N+][C@H](O)C(=O)Nc1c(I)c(C(=O)NC(CO)CO)c(I)c(C2OC2NC(CO)CO)c1I. The Morgan fingerprint density at radius 1 is 1.00 bits per heavy atom. The molecular formula is C18H22I3N4O8+. The molecule has 1 aliphatic rings. The fraction of sp³-hybridized carbons (Fsp3) is 0.500. The molecule has 0 spiro atoms. The number of nitrogens with zero attached hydrogens (tertiary/aromatic N) is 1. The smallest absolute Gasteiger partial charge is 0.395 e. The number of benzene rings is 1. The highest BCUT2D eigenvalue weighted by Crippen LogP contribution is 2.46. The van der Waals surface area contributed by atoms with E-state index in [4.69, 9.17) is 11.3 Å². The molecule has 1 aromatic rings. The van der Waals surface area contributed by atoms with Gasteiger partial charge in [0.05, 0.1) is 53.3 Å². The van der Waals surface area contributed by atoms with Crippen LogP contribution in [0.4, 0.5) is 5.69 Å². The fourth-order valence-corrected chi connectivity index (χ4v) is 7.30. The number of epoxide rings is 1. The number of carbonyl (C=O) groups excluding carboxylic acids is 2. The Balaban J connectivity index is 2.54. The molecule has 1 heterocycles. The zero-order valence-corrected chi connectivity index (χ0v) is 23.3. The summed E-state index contributed by atoms with van der Waals surface area (Å²) in [6, 6.07) is -1.51. The summed E-state index contributed by atoms with van der Waals surface area (Å²) in [5, 5.41) is 54.9. The van der Waals surface area contributed by atoms with Gasteiger partial charge in [-0.05, 0) is 72.6 Å². The van der Waals surface area contributed by atoms with E-state index in [1.54, 1.807) is 0 Å². The summed E-state index contributed by atoms with van der Waals surface area (Å²) < 4.78 is 7.02. The standard InChI is InChI=1S/C18H21I3N4O8/c1-22-16(31)17(32)25-13-11(20)8(14-18(33-14)24-7(4-28)5-29)10(19)9(12(13)21)15(30)23-6(2-26)3-27/h1,6-7,14,16,18,24,26-29,31H,2-5H2,(H-,23,25,30,32)/p+1/t14?,16-,18?/m1/s1. The molecule has 8 N–H and O–H groups in total. The number of aliphatic hydroxyl groups is 5. The normalized spacial score (nSPS) is 18.2. The molecule has 0 bridgehead atoms. The third kappa shape index (κ3) is 6.83. The summed E-state index contributed by atoms with van der Waals surface area (Å²) in [5.41, 5.74) is 0.917. The summed E-state index contributed by atoms with van der Waals surface area (Å²) in [7, 11) is 0. The quantitative estimate of drug-likeness (QED) is 0.104. The second kappa shape index (κ2) is 13.0. The van der Waals surface area contributed by atoms with Crippen LogP contribution in [0.1, 0.15) is 22.0 Å². The van der Waals surface area contributed by atoms with Gasteiger partial charge in [0.25, 0.3) is 12.5 Å². The Bertz CT molecular complexity index is 936. The van der Waals surface area contributed by atoms with Crippen molar-refractivity contribution >= 4 is 85.3 Å². The highest BCUT2D eigenvalue weighted by molar-refractivity contribution is 14.1. The maximum atomic E-state index is 13.0. The van der Waals surface area contributed by atoms with Gasteiger partial charge in [-0.1, -0.05) is 0 Å². The minimum absolute atomic E-state index is 0.156. The molecule has 182 valence electrons. The van der Waals surface area contributed by atoms with Crippen LogP contribution in [0.5, 0.6) is 0 Å². The van der Waals surface area contributed by atoms with E-state index in [1.807, 2.05) is 67.8 Å². The maximum absolute atomic E-state index is 13.0. The monoisotopic (exact) mass is 803 g/mol. The van der Waals surface area contributed by atoms with E-state index < -0.39 is 55.7 Å². The summed E-state index contributed by atoms with van der Waals surface area (Å²) in [4.78, 5) is 28.3. The predicted molar refractivity (Wildman–Crippen MR) is 142 cm³/mol. The number of aliphatic hydroxyl groups excluding tert-OH is 5. The highest BCUT2D eigenvalue weighted by atomic mass is 127. The molecule has 0 radical (unpaired) electrons. The third-order valence-electron chi connectivity index (χ3n) is 4.59. The maximum Gasteiger partial charge on any atom is 0.452 e. The van der Waals surface area contributed by atoms with Crippen LogP contribution < -0.4 is 16.0 Å². The molecule has 1 fully saturated rings. The molecule has 0 aromatic heterocycles. The molecule has 2 amide bonds. The molecule has 0 aliphatic carbocycles. The molecule has 1 aromatic carbocycles. The number of ether oxygens (including phenoxy) is 1. The van der Waals surface area contributed by atoms with Crippen molar-refractivity contribution in [2.24, 2.45) is 0 Å². The van der Waals surface area contributed by atoms with E-state index in [2.05, 4.69) is 20.8 Å². The highest BCUT2D eigenvalue weighted by Gasteiger charge is 2.45. The van der Waals surface area contributed by atoms with Gasteiger partial charge in [-0.3, -0.25) is 14.9 Å². The Labute approximate surface area is 229 Å². The second-order valence-electron chi connectivity index (χ2n) is 6.86. The van der Waals surface area contributed by atoms with Gasteiger partial charge >= 0.3 is 12.1 Å². The van der Waals surface area contributed by atoms with Gasteiger partial charge in [-0.2, -0.15) is 0 Å². The molecule has 3 atom stereocenters. The van der Waals surface area contributed by atoms with E-state index in [-0.39, 0.29) is 24.5 Å². The van der Waals surface area contributed by atoms with Crippen molar-refractivity contribution in [1.82, 2.24) is 10.6 Å². The number of hydrogen-bond donors (Lipinski definition) is 8.